The van der Waals surface area contributed by atoms with Crippen LogP contribution in [0.3, 0.4) is 0 Å². The molecule has 0 aliphatic heterocycles. The first-order valence-electron chi connectivity index (χ1n) is 7.73. The van der Waals surface area contributed by atoms with E-state index < -0.39 is 0 Å². The largest absolute Gasteiger partial charge is 0.309 e. The van der Waals surface area contributed by atoms with Crippen molar-refractivity contribution in [2.45, 2.75) is 6.54 Å². The minimum atomic E-state index is -0.0905. The van der Waals surface area contributed by atoms with Crippen LogP contribution in [0.5, 0.6) is 0 Å². The summed E-state index contributed by atoms with van der Waals surface area (Å²) in [7, 11) is 0. The molecule has 122 valence electrons. The predicted molar refractivity (Wildman–Crippen MR) is 101 cm³/mol. The molecule has 0 saturated heterocycles. The van der Waals surface area contributed by atoms with Gasteiger partial charge in [-0.3, -0.25) is 9.69 Å². The maximum atomic E-state index is 12.6. The molecule has 0 fully saturated rings. The van der Waals surface area contributed by atoms with E-state index in [1.165, 1.54) is 11.3 Å². The third kappa shape index (κ3) is 3.37. The molecule has 2 aromatic heterocycles. The normalized spacial score (nSPS) is 11.0. The highest BCUT2D eigenvalue weighted by molar-refractivity contribution is 7.17. The zero-order valence-corrected chi connectivity index (χ0v) is 14.2. The summed E-state index contributed by atoms with van der Waals surface area (Å²) in [5, 5.41) is 2.66. The standard InChI is InChI=1S/C19H19N3OS/c1-3-10-22(11-4-2)12-16-20-18(23)17-15(13-24-19(17)21-16)14-8-6-5-7-9-14/h3-9,13H,1-2,10-12H2,(H,20,21,23). The molecule has 2 heterocycles. The van der Waals surface area contributed by atoms with E-state index in [0.717, 1.165) is 16.0 Å². The number of benzene rings is 1. The van der Waals surface area contributed by atoms with Gasteiger partial charge in [0.25, 0.3) is 5.56 Å². The van der Waals surface area contributed by atoms with Crippen molar-refractivity contribution >= 4 is 21.6 Å². The van der Waals surface area contributed by atoms with E-state index in [1.54, 1.807) is 0 Å². The van der Waals surface area contributed by atoms with Crippen molar-refractivity contribution in [3.05, 3.63) is 77.2 Å². The Hall–Kier alpha value is -2.50. The van der Waals surface area contributed by atoms with Crippen LogP contribution < -0.4 is 5.56 Å². The number of nitrogens with zero attached hydrogens (tertiary/aromatic N) is 2. The second kappa shape index (κ2) is 7.38. The molecule has 0 aliphatic carbocycles. The van der Waals surface area contributed by atoms with Crippen LogP contribution in [0.1, 0.15) is 5.82 Å². The summed E-state index contributed by atoms with van der Waals surface area (Å²) >= 11 is 1.50. The van der Waals surface area contributed by atoms with Gasteiger partial charge in [0.05, 0.1) is 11.9 Å². The lowest BCUT2D eigenvalue weighted by molar-refractivity contribution is 0.319. The van der Waals surface area contributed by atoms with Gasteiger partial charge in [-0.25, -0.2) is 4.98 Å². The molecule has 0 radical (unpaired) electrons. The first-order chi connectivity index (χ1) is 11.7. The van der Waals surface area contributed by atoms with Gasteiger partial charge in [-0.05, 0) is 5.56 Å². The van der Waals surface area contributed by atoms with Gasteiger partial charge >= 0.3 is 0 Å². The number of nitrogens with one attached hydrogen (secondary N) is 1. The van der Waals surface area contributed by atoms with E-state index in [9.17, 15) is 4.79 Å². The van der Waals surface area contributed by atoms with Gasteiger partial charge in [0.15, 0.2) is 0 Å². The molecule has 0 unspecified atom stereocenters. The highest BCUT2D eigenvalue weighted by Crippen LogP contribution is 2.30. The molecule has 5 heteroatoms. The minimum Gasteiger partial charge on any atom is -0.309 e. The third-order valence-electron chi connectivity index (χ3n) is 3.73. The molecule has 3 aromatic rings. The molecule has 1 aromatic carbocycles. The van der Waals surface area contributed by atoms with E-state index >= 15 is 0 Å². The molecule has 0 bridgehead atoms. The number of aromatic amines is 1. The van der Waals surface area contributed by atoms with Crippen LogP contribution in [0.4, 0.5) is 0 Å². The zero-order valence-electron chi connectivity index (χ0n) is 13.4. The van der Waals surface area contributed by atoms with Crippen molar-refractivity contribution in [3.63, 3.8) is 0 Å². The third-order valence-corrected chi connectivity index (χ3v) is 4.60. The van der Waals surface area contributed by atoms with Gasteiger partial charge in [0.2, 0.25) is 0 Å². The number of aromatic nitrogens is 2. The maximum Gasteiger partial charge on any atom is 0.260 e. The van der Waals surface area contributed by atoms with Crippen molar-refractivity contribution in [1.29, 1.82) is 0 Å². The summed E-state index contributed by atoms with van der Waals surface area (Å²) in [5.41, 5.74) is 1.88. The molecular weight excluding hydrogens is 318 g/mol. The van der Waals surface area contributed by atoms with Crippen LogP contribution in [-0.2, 0) is 6.54 Å². The predicted octanol–water partition coefficient (Wildman–Crippen LogP) is 3.83. The van der Waals surface area contributed by atoms with Gasteiger partial charge in [-0.15, -0.1) is 24.5 Å². The average Bonchev–Trinajstić information content (AvgIpc) is 3.00. The Morgan fingerprint density at radius 3 is 2.54 bits per heavy atom. The van der Waals surface area contributed by atoms with E-state index in [-0.39, 0.29) is 5.56 Å². The zero-order chi connectivity index (χ0) is 16.9. The van der Waals surface area contributed by atoms with E-state index in [2.05, 4.69) is 28.0 Å². The van der Waals surface area contributed by atoms with Crippen LogP contribution >= 0.6 is 11.3 Å². The van der Waals surface area contributed by atoms with Gasteiger partial charge in [-0.1, -0.05) is 42.5 Å². The van der Waals surface area contributed by atoms with Crippen molar-refractivity contribution in [3.8, 4) is 11.1 Å². The fraction of sp³-hybridized carbons (Fsp3) is 0.158. The van der Waals surface area contributed by atoms with Crippen LogP contribution in [0.25, 0.3) is 21.3 Å². The average molecular weight is 337 g/mol. The Kier molecular flexibility index (Phi) is 5.03. The highest BCUT2D eigenvalue weighted by Gasteiger charge is 2.13. The van der Waals surface area contributed by atoms with E-state index in [0.29, 0.717) is 30.8 Å². The lowest BCUT2D eigenvalue weighted by Gasteiger charge is -2.17. The number of hydrogen-bond acceptors (Lipinski definition) is 4. The Labute approximate surface area is 144 Å². The molecule has 1 N–H and O–H groups in total. The second-order valence-corrected chi connectivity index (χ2v) is 6.34. The number of thiophene rings is 1. The minimum absolute atomic E-state index is 0.0905. The van der Waals surface area contributed by atoms with Crippen molar-refractivity contribution < 1.29 is 0 Å². The van der Waals surface area contributed by atoms with Crippen molar-refractivity contribution in [2.75, 3.05) is 13.1 Å². The maximum absolute atomic E-state index is 12.6. The van der Waals surface area contributed by atoms with Gasteiger partial charge in [-0.2, -0.15) is 0 Å². The SMILES string of the molecule is C=CCN(CC=C)Cc1nc2scc(-c3ccccc3)c2c(=O)[nH]1. The Morgan fingerprint density at radius 2 is 1.88 bits per heavy atom. The molecule has 3 rings (SSSR count). The molecule has 0 atom stereocenters. The first kappa shape index (κ1) is 16.4. The van der Waals surface area contributed by atoms with E-state index in [4.69, 9.17) is 0 Å². The topological polar surface area (TPSA) is 49.0 Å². The Bertz CT molecular complexity index is 901. The molecule has 0 spiro atoms. The van der Waals surface area contributed by atoms with Crippen LogP contribution in [0.2, 0.25) is 0 Å². The van der Waals surface area contributed by atoms with E-state index in [1.807, 2.05) is 47.9 Å². The summed E-state index contributed by atoms with van der Waals surface area (Å²) in [4.78, 5) is 23.0. The molecule has 4 nitrogen and oxygen atoms in total. The number of rotatable bonds is 7. The molecule has 0 aliphatic rings. The van der Waals surface area contributed by atoms with Crippen LogP contribution in [0.15, 0.2) is 65.8 Å². The quantitative estimate of drug-likeness (QED) is 0.667. The summed E-state index contributed by atoms with van der Waals surface area (Å²) in [5.74, 6) is 0.665. The molecular formula is C19H19N3OS. The lowest BCUT2D eigenvalue weighted by Crippen LogP contribution is -2.26. The lowest BCUT2D eigenvalue weighted by atomic mass is 10.1. The number of H-pyrrole nitrogens is 1. The summed E-state index contributed by atoms with van der Waals surface area (Å²) < 4.78 is 0. The Balaban J connectivity index is 1.99. The molecule has 0 amide bonds. The summed E-state index contributed by atoms with van der Waals surface area (Å²) in [6, 6.07) is 9.91. The highest BCUT2D eigenvalue weighted by atomic mass is 32.1. The fourth-order valence-corrected chi connectivity index (χ4v) is 3.65. The smallest absolute Gasteiger partial charge is 0.260 e. The summed E-state index contributed by atoms with van der Waals surface area (Å²) in [6.45, 7) is 9.51. The van der Waals surface area contributed by atoms with Gasteiger partial charge < -0.3 is 4.98 Å². The van der Waals surface area contributed by atoms with Crippen molar-refractivity contribution in [2.24, 2.45) is 0 Å². The van der Waals surface area contributed by atoms with Crippen LogP contribution in [-0.4, -0.2) is 28.0 Å². The number of fused-ring (bicyclic) bond motifs is 1. The first-order valence-corrected chi connectivity index (χ1v) is 8.61. The second-order valence-electron chi connectivity index (χ2n) is 5.48. The Morgan fingerprint density at radius 1 is 1.17 bits per heavy atom. The molecule has 0 saturated carbocycles. The van der Waals surface area contributed by atoms with Crippen molar-refractivity contribution in [1.82, 2.24) is 14.9 Å². The number of hydrogen-bond donors (Lipinski definition) is 1. The van der Waals surface area contributed by atoms with Gasteiger partial charge in [0, 0.05) is 24.0 Å². The monoisotopic (exact) mass is 337 g/mol. The van der Waals surface area contributed by atoms with Crippen LogP contribution in [0, 0.1) is 0 Å². The summed E-state index contributed by atoms with van der Waals surface area (Å²) in [6.07, 6.45) is 3.66. The van der Waals surface area contributed by atoms with Gasteiger partial charge in [0.1, 0.15) is 10.7 Å². The fourth-order valence-electron chi connectivity index (χ4n) is 2.68. The molecule has 24 heavy (non-hydrogen) atoms.